The van der Waals surface area contributed by atoms with E-state index in [1.807, 2.05) is 50.8 Å². The number of aromatic amines is 1. The molecule has 6 rings (SSSR count). The minimum absolute atomic E-state index is 0.0593. The van der Waals surface area contributed by atoms with E-state index < -0.39 is 0 Å². The molecule has 5 aromatic rings. The number of hydrogen-bond acceptors (Lipinski definition) is 7. The molecule has 1 fully saturated rings. The molecule has 1 aliphatic rings. The molecule has 4 heterocycles. The number of carbonyl (C=O) groups excluding carboxylic acids is 1. The Hall–Kier alpha value is -4.25. The minimum atomic E-state index is -0.277. The fourth-order valence-corrected chi connectivity index (χ4v) is 5.97. The number of benzene rings is 2. The summed E-state index contributed by atoms with van der Waals surface area (Å²) in [6, 6.07) is 17.8. The highest BCUT2D eigenvalue weighted by Gasteiger charge is 2.26. The van der Waals surface area contributed by atoms with Crippen LogP contribution in [0.2, 0.25) is 0 Å². The molecule has 1 saturated heterocycles. The Morgan fingerprint density at radius 1 is 1.10 bits per heavy atom. The molecule has 2 aromatic carbocycles. The fourth-order valence-electron chi connectivity index (χ4n) is 5.26. The third-order valence-corrected chi connectivity index (χ3v) is 8.15. The molecule has 0 aliphatic carbocycles. The molecule has 40 heavy (non-hydrogen) atoms. The highest BCUT2D eigenvalue weighted by Crippen LogP contribution is 2.26. The van der Waals surface area contributed by atoms with E-state index in [-0.39, 0.29) is 23.5 Å². The van der Waals surface area contributed by atoms with Gasteiger partial charge in [0, 0.05) is 50.1 Å². The van der Waals surface area contributed by atoms with Gasteiger partial charge in [-0.05, 0) is 54.8 Å². The lowest BCUT2D eigenvalue weighted by Crippen LogP contribution is -2.41. The number of H-pyrrole nitrogens is 1. The number of likely N-dealkylation sites (tertiary alicyclic amines) is 1. The van der Waals surface area contributed by atoms with Crippen LogP contribution in [0, 0.1) is 5.82 Å². The standard InChI is InChI=1S/C29H29FN6O3S/c30-21-9-7-20(8-10-21)18-26-32-29(40-33-26)35(19-23-4-3-17-39-23)16-13-27(37)34-14-11-22(12-15-34)36-25-6-2-1-5-24(25)31-28(36)38/h1-10,17,22H,11-16,18-19H2,(H,31,38). The van der Waals surface area contributed by atoms with Gasteiger partial charge in [0.05, 0.1) is 23.8 Å². The van der Waals surface area contributed by atoms with Crippen LogP contribution >= 0.6 is 11.5 Å². The van der Waals surface area contributed by atoms with Crippen LogP contribution in [0.5, 0.6) is 0 Å². The number of carbonyl (C=O) groups is 1. The lowest BCUT2D eigenvalue weighted by atomic mass is 10.0. The molecule has 3 aromatic heterocycles. The van der Waals surface area contributed by atoms with Gasteiger partial charge in [-0.15, -0.1) is 0 Å². The molecule has 0 radical (unpaired) electrons. The van der Waals surface area contributed by atoms with E-state index >= 15 is 0 Å². The van der Waals surface area contributed by atoms with Gasteiger partial charge in [-0.1, -0.05) is 24.3 Å². The average molecular weight is 561 g/mol. The lowest BCUT2D eigenvalue weighted by molar-refractivity contribution is -0.132. The van der Waals surface area contributed by atoms with Crippen LogP contribution in [0.3, 0.4) is 0 Å². The van der Waals surface area contributed by atoms with Crippen LogP contribution < -0.4 is 10.6 Å². The molecule has 0 spiro atoms. The normalized spacial score (nSPS) is 14.2. The monoisotopic (exact) mass is 560 g/mol. The Kier molecular flexibility index (Phi) is 7.45. The molecule has 206 valence electrons. The van der Waals surface area contributed by atoms with Gasteiger partial charge in [0.1, 0.15) is 17.4 Å². The van der Waals surface area contributed by atoms with E-state index in [0.29, 0.717) is 50.0 Å². The van der Waals surface area contributed by atoms with E-state index in [1.54, 1.807) is 18.4 Å². The van der Waals surface area contributed by atoms with Crippen molar-refractivity contribution in [3.05, 3.63) is 100 Å². The summed E-state index contributed by atoms with van der Waals surface area (Å²) >= 11 is 1.28. The summed E-state index contributed by atoms with van der Waals surface area (Å²) in [6.45, 7) is 2.14. The summed E-state index contributed by atoms with van der Waals surface area (Å²) in [6.07, 6.45) is 3.91. The zero-order chi connectivity index (χ0) is 27.5. The molecular weight excluding hydrogens is 531 g/mol. The number of para-hydroxylation sites is 2. The van der Waals surface area contributed by atoms with Gasteiger partial charge in [-0.3, -0.25) is 9.36 Å². The predicted molar refractivity (Wildman–Crippen MR) is 151 cm³/mol. The number of furan rings is 1. The number of imidazole rings is 1. The number of hydrogen-bond donors (Lipinski definition) is 1. The van der Waals surface area contributed by atoms with Crippen molar-refractivity contribution in [2.24, 2.45) is 0 Å². The number of aromatic nitrogens is 4. The lowest BCUT2D eigenvalue weighted by Gasteiger charge is -2.33. The Bertz CT molecular complexity index is 1630. The Labute approximate surface area is 234 Å². The van der Waals surface area contributed by atoms with E-state index in [2.05, 4.69) is 9.36 Å². The SMILES string of the molecule is O=C(CCN(Cc1ccco1)c1nc(Cc2ccc(F)cc2)ns1)N1CCC(n2c(=O)[nH]c3ccccc32)CC1. The first-order valence-corrected chi connectivity index (χ1v) is 14.1. The van der Waals surface area contributed by atoms with Crippen LogP contribution in [0.1, 0.15) is 42.5 Å². The Morgan fingerprint density at radius 3 is 2.67 bits per heavy atom. The van der Waals surface area contributed by atoms with Crippen LogP contribution in [0.15, 0.2) is 76.1 Å². The first kappa shape index (κ1) is 26.0. The number of nitrogens with zero attached hydrogens (tertiary/aromatic N) is 5. The van der Waals surface area contributed by atoms with Crippen LogP contribution in [0.4, 0.5) is 9.52 Å². The first-order chi connectivity index (χ1) is 19.5. The zero-order valence-corrected chi connectivity index (χ0v) is 22.6. The van der Waals surface area contributed by atoms with Gasteiger partial charge in [0.15, 0.2) is 0 Å². The summed E-state index contributed by atoms with van der Waals surface area (Å²) in [5, 5.41) is 0.707. The van der Waals surface area contributed by atoms with Crippen molar-refractivity contribution in [3.63, 3.8) is 0 Å². The molecule has 0 bridgehead atoms. The molecule has 11 heteroatoms. The fraction of sp³-hybridized carbons (Fsp3) is 0.310. The third-order valence-electron chi connectivity index (χ3n) is 7.33. The third kappa shape index (κ3) is 5.69. The van der Waals surface area contributed by atoms with E-state index in [0.717, 1.165) is 35.2 Å². The second-order valence-electron chi connectivity index (χ2n) is 9.98. The molecule has 1 aliphatic heterocycles. The van der Waals surface area contributed by atoms with Gasteiger partial charge in [0.2, 0.25) is 11.0 Å². The van der Waals surface area contributed by atoms with Gasteiger partial charge in [-0.25, -0.2) is 14.2 Å². The Balaban J connectivity index is 1.09. The second kappa shape index (κ2) is 11.5. The van der Waals surface area contributed by atoms with Crippen molar-refractivity contribution in [2.45, 2.75) is 38.3 Å². The van der Waals surface area contributed by atoms with E-state index in [9.17, 15) is 14.0 Å². The second-order valence-corrected chi connectivity index (χ2v) is 10.7. The number of piperidine rings is 1. The van der Waals surface area contributed by atoms with Crippen molar-refractivity contribution in [1.29, 1.82) is 0 Å². The van der Waals surface area contributed by atoms with Crippen LogP contribution in [-0.4, -0.2) is 49.3 Å². The van der Waals surface area contributed by atoms with Crippen molar-refractivity contribution >= 4 is 33.6 Å². The first-order valence-electron chi connectivity index (χ1n) is 13.3. The van der Waals surface area contributed by atoms with Crippen LogP contribution in [-0.2, 0) is 17.8 Å². The maximum atomic E-state index is 13.3. The van der Waals surface area contributed by atoms with Crippen molar-refractivity contribution < 1.29 is 13.6 Å². The zero-order valence-electron chi connectivity index (χ0n) is 21.8. The Morgan fingerprint density at radius 2 is 1.90 bits per heavy atom. The summed E-state index contributed by atoms with van der Waals surface area (Å²) in [4.78, 5) is 37.4. The summed E-state index contributed by atoms with van der Waals surface area (Å²) in [7, 11) is 0. The van der Waals surface area contributed by atoms with Gasteiger partial charge in [0.25, 0.3) is 0 Å². The summed E-state index contributed by atoms with van der Waals surface area (Å²) in [5.41, 5.74) is 2.56. The number of fused-ring (bicyclic) bond motifs is 1. The molecule has 0 saturated carbocycles. The number of nitrogens with one attached hydrogen (secondary N) is 1. The van der Waals surface area contributed by atoms with Gasteiger partial charge < -0.3 is 19.2 Å². The number of anilines is 1. The maximum absolute atomic E-state index is 13.3. The highest BCUT2D eigenvalue weighted by atomic mass is 32.1. The number of rotatable bonds is 9. The van der Waals surface area contributed by atoms with Gasteiger partial charge in [-0.2, -0.15) is 4.37 Å². The maximum Gasteiger partial charge on any atom is 0.326 e. The quantitative estimate of drug-likeness (QED) is 0.279. The van der Waals surface area contributed by atoms with E-state index in [1.165, 1.54) is 23.7 Å². The molecule has 0 unspecified atom stereocenters. The number of halogens is 1. The van der Waals surface area contributed by atoms with Crippen molar-refractivity contribution in [1.82, 2.24) is 23.8 Å². The highest BCUT2D eigenvalue weighted by molar-refractivity contribution is 7.09. The molecule has 1 N–H and O–H groups in total. The van der Waals surface area contributed by atoms with E-state index in [4.69, 9.17) is 9.40 Å². The molecule has 0 atom stereocenters. The van der Waals surface area contributed by atoms with Crippen molar-refractivity contribution in [3.8, 4) is 0 Å². The average Bonchev–Trinajstić information content (AvgIpc) is 3.72. The number of amides is 1. The predicted octanol–water partition coefficient (Wildman–Crippen LogP) is 4.76. The summed E-state index contributed by atoms with van der Waals surface area (Å²) < 4.78 is 25.2. The molecule has 9 nitrogen and oxygen atoms in total. The molecule has 1 amide bonds. The van der Waals surface area contributed by atoms with Gasteiger partial charge >= 0.3 is 5.69 Å². The largest absolute Gasteiger partial charge is 0.467 e. The molecular formula is C29H29FN6O3S. The van der Waals surface area contributed by atoms with Crippen molar-refractivity contribution in [2.75, 3.05) is 24.5 Å². The topological polar surface area (TPSA) is 100 Å². The smallest absolute Gasteiger partial charge is 0.326 e. The summed E-state index contributed by atoms with van der Waals surface area (Å²) in [5.74, 6) is 1.22. The minimum Gasteiger partial charge on any atom is -0.467 e. The van der Waals surface area contributed by atoms with Crippen LogP contribution in [0.25, 0.3) is 11.0 Å².